The van der Waals surface area contributed by atoms with E-state index in [1.165, 1.54) is 0 Å². The highest BCUT2D eigenvalue weighted by molar-refractivity contribution is 7.94. The minimum absolute atomic E-state index is 0.0446. The van der Waals surface area contributed by atoms with Crippen LogP contribution in [-0.2, 0) is 28.8 Å². The monoisotopic (exact) mass is 296 g/mol. The fraction of sp³-hybridized carbons (Fsp3) is 0.833. The Bertz CT molecular complexity index is 301. The Hall–Kier alpha value is -0.470. The molecule has 0 amide bonds. The lowest BCUT2D eigenvalue weighted by atomic mass is 10.7. The summed E-state index contributed by atoms with van der Waals surface area (Å²) in [5.74, 6) is -0.0446. The van der Waals surface area contributed by atoms with Gasteiger partial charge in [0.15, 0.2) is 9.84 Å². The highest BCUT2D eigenvalue weighted by Gasteiger charge is 2.03. The van der Waals surface area contributed by atoms with Crippen LogP contribution in [0, 0.1) is 0 Å². The average molecular weight is 296 g/mol. The van der Waals surface area contributed by atoms with E-state index in [9.17, 15) is 8.42 Å². The van der Waals surface area contributed by atoms with Crippen molar-refractivity contribution in [3.8, 4) is 0 Å². The molecule has 0 aliphatic carbocycles. The van der Waals surface area contributed by atoms with E-state index in [-0.39, 0.29) is 12.4 Å². The largest absolute Gasteiger partial charge is 0.379 e. The minimum Gasteiger partial charge on any atom is -0.379 e. The fourth-order valence-corrected chi connectivity index (χ4v) is 1.58. The summed E-state index contributed by atoms with van der Waals surface area (Å²) in [5, 5.41) is 0.937. The molecule has 0 saturated carbocycles. The lowest BCUT2D eigenvalue weighted by Gasteiger charge is -2.06. The Kier molecular flexibility index (Phi) is 12.2. The van der Waals surface area contributed by atoms with Gasteiger partial charge in [0, 0.05) is 12.0 Å². The molecule has 0 saturated heterocycles. The predicted octanol–water partition coefficient (Wildman–Crippen LogP) is 0.631. The van der Waals surface area contributed by atoms with Gasteiger partial charge in [0.05, 0.1) is 52.0 Å². The SMILES string of the molecule is C=CS(=O)(=O)CCOCCOCCOCCOCC. The van der Waals surface area contributed by atoms with E-state index in [1.807, 2.05) is 6.92 Å². The van der Waals surface area contributed by atoms with Crippen LogP contribution in [0.4, 0.5) is 0 Å². The second-order valence-electron chi connectivity index (χ2n) is 3.57. The van der Waals surface area contributed by atoms with Crippen molar-refractivity contribution < 1.29 is 27.4 Å². The van der Waals surface area contributed by atoms with Gasteiger partial charge in [0.25, 0.3) is 0 Å². The number of rotatable bonds is 14. The maximum Gasteiger partial charge on any atom is 0.173 e. The van der Waals surface area contributed by atoms with E-state index < -0.39 is 9.84 Å². The van der Waals surface area contributed by atoms with Crippen LogP contribution in [0.3, 0.4) is 0 Å². The Labute approximate surface area is 115 Å². The summed E-state index contributed by atoms with van der Waals surface area (Å²) >= 11 is 0. The molecule has 0 bridgehead atoms. The van der Waals surface area contributed by atoms with Gasteiger partial charge in [0.2, 0.25) is 0 Å². The van der Waals surface area contributed by atoms with Crippen molar-refractivity contribution in [3.63, 3.8) is 0 Å². The highest BCUT2D eigenvalue weighted by Crippen LogP contribution is 1.90. The van der Waals surface area contributed by atoms with Crippen LogP contribution in [0.15, 0.2) is 12.0 Å². The lowest BCUT2D eigenvalue weighted by Crippen LogP contribution is -2.14. The molecule has 0 heterocycles. The standard InChI is InChI=1S/C12H24O6S/c1-3-15-5-6-16-7-8-17-9-10-18-11-12-19(13,14)4-2/h4H,2-3,5-12H2,1H3. The topological polar surface area (TPSA) is 71.1 Å². The van der Waals surface area contributed by atoms with Crippen LogP contribution >= 0.6 is 0 Å². The smallest absolute Gasteiger partial charge is 0.173 e. The maximum absolute atomic E-state index is 11.0. The van der Waals surface area contributed by atoms with E-state index in [1.54, 1.807) is 0 Å². The number of sulfone groups is 1. The Morgan fingerprint density at radius 3 is 1.68 bits per heavy atom. The zero-order valence-electron chi connectivity index (χ0n) is 11.5. The first-order valence-corrected chi connectivity index (χ1v) is 8.00. The van der Waals surface area contributed by atoms with E-state index in [0.29, 0.717) is 46.2 Å². The zero-order chi connectivity index (χ0) is 14.4. The molecule has 0 atom stereocenters. The summed E-state index contributed by atoms with van der Waals surface area (Å²) in [7, 11) is -3.17. The third-order valence-electron chi connectivity index (χ3n) is 2.09. The second-order valence-corrected chi connectivity index (χ2v) is 5.63. The number of hydrogen-bond donors (Lipinski definition) is 0. The molecule has 114 valence electrons. The summed E-state index contributed by atoms with van der Waals surface area (Å²) in [6.45, 7) is 8.94. The molecule has 0 aromatic carbocycles. The molecule has 0 aromatic heterocycles. The van der Waals surface area contributed by atoms with Crippen molar-refractivity contribution in [2.45, 2.75) is 6.92 Å². The van der Waals surface area contributed by atoms with Gasteiger partial charge in [-0.25, -0.2) is 8.42 Å². The van der Waals surface area contributed by atoms with E-state index in [2.05, 4.69) is 6.58 Å². The molecule has 0 spiro atoms. The molecule has 6 nitrogen and oxygen atoms in total. The third-order valence-corrected chi connectivity index (χ3v) is 3.33. The Morgan fingerprint density at radius 2 is 1.26 bits per heavy atom. The van der Waals surface area contributed by atoms with Gasteiger partial charge in [-0.15, -0.1) is 0 Å². The maximum atomic E-state index is 11.0. The first-order chi connectivity index (χ1) is 9.12. The number of ether oxygens (including phenoxy) is 4. The molecule has 0 aromatic rings. The molecule has 0 fully saturated rings. The van der Waals surface area contributed by atoms with Crippen molar-refractivity contribution >= 4 is 9.84 Å². The average Bonchev–Trinajstić information content (AvgIpc) is 2.40. The van der Waals surface area contributed by atoms with Gasteiger partial charge in [-0.2, -0.15) is 0 Å². The van der Waals surface area contributed by atoms with E-state index in [0.717, 1.165) is 5.41 Å². The molecule has 0 radical (unpaired) electrons. The first kappa shape index (κ1) is 18.5. The third kappa shape index (κ3) is 13.8. The van der Waals surface area contributed by atoms with Gasteiger partial charge in [0.1, 0.15) is 0 Å². The van der Waals surface area contributed by atoms with E-state index in [4.69, 9.17) is 18.9 Å². The van der Waals surface area contributed by atoms with Crippen LogP contribution in [0.5, 0.6) is 0 Å². The Balaban J connectivity index is 3.13. The minimum atomic E-state index is -3.17. The van der Waals surface area contributed by atoms with Crippen molar-refractivity contribution in [3.05, 3.63) is 12.0 Å². The molecular weight excluding hydrogens is 272 g/mol. The van der Waals surface area contributed by atoms with Crippen LogP contribution in [0.1, 0.15) is 6.92 Å². The molecule has 7 heteroatoms. The second kappa shape index (κ2) is 12.6. The van der Waals surface area contributed by atoms with Crippen LogP contribution < -0.4 is 0 Å². The summed E-state index contributed by atoms with van der Waals surface area (Å²) < 4.78 is 42.7. The molecule has 0 aliphatic rings. The summed E-state index contributed by atoms with van der Waals surface area (Å²) in [6.07, 6.45) is 0. The van der Waals surface area contributed by atoms with Gasteiger partial charge < -0.3 is 18.9 Å². The molecule has 0 unspecified atom stereocenters. The Morgan fingerprint density at radius 1 is 0.842 bits per heavy atom. The molecule has 0 N–H and O–H groups in total. The van der Waals surface area contributed by atoms with Gasteiger partial charge in [-0.05, 0) is 6.92 Å². The first-order valence-electron chi connectivity index (χ1n) is 6.28. The van der Waals surface area contributed by atoms with Crippen LogP contribution in [0.25, 0.3) is 0 Å². The van der Waals surface area contributed by atoms with Crippen molar-refractivity contribution in [1.29, 1.82) is 0 Å². The van der Waals surface area contributed by atoms with Gasteiger partial charge in [-0.3, -0.25) is 0 Å². The van der Waals surface area contributed by atoms with Crippen LogP contribution in [0.2, 0.25) is 0 Å². The van der Waals surface area contributed by atoms with E-state index >= 15 is 0 Å². The molecule has 0 rings (SSSR count). The summed E-state index contributed by atoms with van der Waals surface area (Å²) in [5.41, 5.74) is 0. The highest BCUT2D eigenvalue weighted by atomic mass is 32.2. The zero-order valence-corrected chi connectivity index (χ0v) is 12.3. The van der Waals surface area contributed by atoms with Crippen molar-refractivity contribution in [1.82, 2.24) is 0 Å². The van der Waals surface area contributed by atoms with Crippen molar-refractivity contribution in [2.24, 2.45) is 0 Å². The normalized spacial score (nSPS) is 11.6. The van der Waals surface area contributed by atoms with Gasteiger partial charge >= 0.3 is 0 Å². The molecule has 19 heavy (non-hydrogen) atoms. The summed E-state index contributed by atoms with van der Waals surface area (Å²) in [4.78, 5) is 0. The van der Waals surface area contributed by atoms with Gasteiger partial charge in [-0.1, -0.05) is 6.58 Å². The summed E-state index contributed by atoms with van der Waals surface area (Å²) in [6, 6.07) is 0. The lowest BCUT2D eigenvalue weighted by molar-refractivity contribution is 0.00112. The van der Waals surface area contributed by atoms with Crippen LogP contribution in [-0.4, -0.2) is 67.0 Å². The molecular formula is C12H24O6S. The van der Waals surface area contributed by atoms with Crippen molar-refractivity contribution in [2.75, 3.05) is 58.6 Å². The number of hydrogen-bond acceptors (Lipinski definition) is 6. The molecule has 0 aliphatic heterocycles. The fourth-order valence-electron chi connectivity index (χ4n) is 1.06. The predicted molar refractivity (Wildman–Crippen MR) is 72.9 cm³/mol. The quantitative estimate of drug-likeness (QED) is 0.438.